The molecule has 0 unspecified atom stereocenters. The molecular weight excluding hydrogens is 174 g/mol. The Hall–Kier alpha value is -0.0800. The second-order valence-corrected chi connectivity index (χ2v) is 5.92. The molecule has 0 bridgehead atoms. The summed E-state index contributed by atoms with van der Waals surface area (Å²) in [6.07, 6.45) is 3.26. The molecule has 0 radical (unpaired) electrons. The van der Waals surface area contributed by atoms with Gasteiger partial charge in [0, 0.05) is 12.6 Å². The van der Waals surface area contributed by atoms with Crippen LogP contribution in [-0.4, -0.2) is 24.8 Å². The number of nitrogens with one attached hydrogen (secondary N) is 1. The smallest absolute Gasteiger partial charge is 0.0608 e. The van der Waals surface area contributed by atoms with Gasteiger partial charge in [0.25, 0.3) is 0 Å². The van der Waals surface area contributed by atoms with Crippen LogP contribution in [0.5, 0.6) is 0 Å². The van der Waals surface area contributed by atoms with Crippen LogP contribution >= 0.6 is 0 Å². The molecular formula is C12H25NO. The molecule has 0 atom stereocenters. The second kappa shape index (κ2) is 4.63. The maximum atomic E-state index is 5.71. The van der Waals surface area contributed by atoms with Crippen molar-refractivity contribution in [2.75, 3.05) is 6.54 Å². The van der Waals surface area contributed by atoms with Crippen LogP contribution in [0.15, 0.2) is 0 Å². The SMILES string of the molecule is CC(C)OC1CC(NCC(C)(C)C)C1. The van der Waals surface area contributed by atoms with Crippen molar-refractivity contribution < 1.29 is 4.74 Å². The van der Waals surface area contributed by atoms with Gasteiger partial charge in [-0.25, -0.2) is 0 Å². The fourth-order valence-electron chi connectivity index (χ4n) is 1.68. The van der Waals surface area contributed by atoms with E-state index in [9.17, 15) is 0 Å². The lowest BCUT2D eigenvalue weighted by Gasteiger charge is -2.38. The zero-order valence-corrected chi connectivity index (χ0v) is 10.3. The van der Waals surface area contributed by atoms with E-state index in [4.69, 9.17) is 4.74 Å². The van der Waals surface area contributed by atoms with Crippen molar-refractivity contribution in [1.82, 2.24) is 5.32 Å². The molecule has 0 aromatic rings. The van der Waals surface area contributed by atoms with Crippen LogP contribution in [0.1, 0.15) is 47.5 Å². The summed E-state index contributed by atoms with van der Waals surface area (Å²) in [4.78, 5) is 0. The Morgan fingerprint density at radius 2 is 1.86 bits per heavy atom. The van der Waals surface area contributed by atoms with E-state index in [1.807, 2.05) is 0 Å². The molecule has 2 nitrogen and oxygen atoms in total. The maximum Gasteiger partial charge on any atom is 0.0608 e. The third-order valence-corrected chi connectivity index (χ3v) is 2.48. The first kappa shape index (κ1) is 12.0. The van der Waals surface area contributed by atoms with Gasteiger partial charge in [-0.05, 0) is 32.1 Å². The van der Waals surface area contributed by atoms with Gasteiger partial charge in [-0.1, -0.05) is 20.8 Å². The van der Waals surface area contributed by atoms with E-state index in [1.165, 1.54) is 12.8 Å². The van der Waals surface area contributed by atoms with Crippen molar-refractivity contribution in [3.63, 3.8) is 0 Å². The van der Waals surface area contributed by atoms with Crippen LogP contribution < -0.4 is 5.32 Å². The first-order valence-electron chi connectivity index (χ1n) is 5.75. The molecule has 1 rings (SSSR count). The minimum absolute atomic E-state index is 0.378. The first-order chi connectivity index (χ1) is 6.37. The Morgan fingerprint density at radius 1 is 1.29 bits per heavy atom. The summed E-state index contributed by atoms with van der Waals surface area (Å²) < 4.78 is 5.71. The van der Waals surface area contributed by atoms with Crippen LogP contribution in [0, 0.1) is 5.41 Å². The number of hydrogen-bond donors (Lipinski definition) is 1. The summed E-state index contributed by atoms with van der Waals surface area (Å²) in [5.74, 6) is 0. The maximum absolute atomic E-state index is 5.71. The highest BCUT2D eigenvalue weighted by Crippen LogP contribution is 2.25. The highest BCUT2D eigenvalue weighted by molar-refractivity contribution is 4.87. The first-order valence-corrected chi connectivity index (χ1v) is 5.75. The lowest BCUT2D eigenvalue weighted by Crippen LogP contribution is -2.48. The molecule has 1 N–H and O–H groups in total. The highest BCUT2D eigenvalue weighted by Gasteiger charge is 2.30. The van der Waals surface area contributed by atoms with Crippen molar-refractivity contribution in [2.24, 2.45) is 5.41 Å². The van der Waals surface area contributed by atoms with Crippen molar-refractivity contribution in [1.29, 1.82) is 0 Å². The van der Waals surface area contributed by atoms with E-state index in [0.29, 0.717) is 23.7 Å². The highest BCUT2D eigenvalue weighted by atomic mass is 16.5. The molecule has 1 aliphatic rings. The van der Waals surface area contributed by atoms with Crippen LogP contribution in [-0.2, 0) is 4.74 Å². The Balaban J connectivity index is 2.05. The molecule has 14 heavy (non-hydrogen) atoms. The standard InChI is InChI=1S/C12H25NO/c1-9(2)14-11-6-10(7-11)13-8-12(3,4)5/h9-11,13H,6-8H2,1-5H3. The zero-order chi connectivity index (χ0) is 10.8. The number of rotatable bonds is 4. The molecule has 1 saturated carbocycles. The van der Waals surface area contributed by atoms with Gasteiger partial charge in [-0.2, -0.15) is 0 Å². The summed E-state index contributed by atoms with van der Waals surface area (Å²) in [6, 6.07) is 0.693. The molecule has 0 amide bonds. The molecule has 2 heteroatoms. The zero-order valence-electron chi connectivity index (χ0n) is 10.3. The normalized spacial score (nSPS) is 27.9. The summed E-state index contributed by atoms with van der Waals surface area (Å²) >= 11 is 0. The molecule has 0 aromatic carbocycles. The minimum atomic E-state index is 0.378. The van der Waals surface area contributed by atoms with Gasteiger partial charge in [0.2, 0.25) is 0 Å². The minimum Gasteiger partial charge on any atom is -0.375 e. The van der Waals surface area contributed by atoms with Crippen molar-refractivity contribution in [2.45, 2.75) is 65.7 Å². The third kappa shape index (κ3) is 4.43. The largest absolute Gasteiger partial charge is 0.375 e. The van der Waals surface area contributed by atoms with E-state index in [-0.39, 0.29) is 0 Å². The Bertz CT molecular complexity index is 166. The monoisotopic (exact) mass is 199 g/mol. The van der Waals surface area contributed by atoms with Crippen molar-refractivity contribution >= 4 is 0 Å². The molecule has 1 aliphatic carbocycles. The summed E-state index contributed by atoms with van der Waals surface area (Å²) in [7, 11) is 0. The van der Waals surface area contributed by atoms with Crippen LogP contribution in [0.4, 0.5) is 0 Å². The summed E-state index contributed by atoms with van der Waals surface area (Å²) in [6.45, 7) is 12.1. The third-order valence-electron chi connectivity index (χ3n) is 2.48. The molecule has 0 heterocycles. The Morgan fingerprint density at radius 3 is 2.29 bits per heavy atom. The Kier molecular flexibility index (Phi) is 3.96. The van der Waals surface area contributed by atoms with E-state index >= 15 is 0 Å². The van der Waals surface area contributed by atoms with E-state index < -0.39 is 0 Å². The quantitative estimate of drug-likeness (QED) is 0.751. The van der Waals surface area contributed by atoms with Gasteiger partial charge >= 0.3 is 0 Å². The predicted molar refractivity (Wildman–Crippen MR) is 60.5 cm³/mol. The average molecular weight is 199 g/mol. The van der Waals surface area contributed by atoms with E-state index in [2.05, 4.69) is 39.9 Å². The fraction of sp³-hybridized carbons (Fsp3) is 1.00. The summed E-state index contributed by atoms with van der Waals surface area (Å²) in [5.41, 5.74) is 0.393. The lowest BCUT2D eigenvalue weighted by atomic mass is 9.87. The van der Waals surface area contributed by atoms with Gasteiger partial charge in [0.1, 0.15) is 0 Å². The molecule has 84 valence electrons. The van der Waals surface area contributed by atoms with Gasteiger partial charge in [-0.3, -0.25) is 0 Å². The van der Waals surface area contributed by atoms with Crippen LogP contribution in [0.2, 0.25) is 0 Å². The van der Waals surface area contributed by atoms with Crippen molar-refractivity contribution in [3.05, 3.63) is 0 Å². The molecule has 0 aliphatic heterocycles. The number of ether oxygens (including phenoxy) is 1. The van der Waals surface area contributed by atoms with Crippen LogP contribution in [0.3, 0.4) is 0 Å². The van der Waals surface area contributed by atoms with E-state index in [1.54, 1.807) is 0 Å². The fourth-order valence-corrected chi connectivity index (χ4v) is 1.68. The van der Waals surface area contributed by atoms with E-state index in [0.717, 1.165) is 6.54 Å². The van der Waals surface area contributed by atoms with Gasteiger partial charge in [0.05, 0.1) is 12.2 Å². The molecule has 0 spiro atoms. The second-order valence-electron chi connectivity index (χ2n) is 5.92. The lowest BCUT2D eigenvalue weighted by molar-refractivity contribution is -0.0507. The van der Waals surface area contributed by atoms with Gasteiger partial charge in [0.15, 0.2) is 0 Å². The molecule has 1 fully saturated rings. The molecule has 0 aromatic heterocycles. The van der Waals surface area contributed by atoms with Gasteiger partial charge in [-0.15, -0.1) is 0 Å². The molecule has 0 saturated heterocycles. The van der Waals surface area contributed by atoms with Gasteiger partial charge < -0.3 is 10.1 Å². The van der Waals surface area contributed by atoms with Crippen molar-refractivity contribution in [3.8, 4) is 0 Å². The summed E-state index contributed by atoms with van der Waals surface area (Å²) in [5, 5.41) is 3.58. The predicted octanol–water partition coefficient (Wildman–Crippen LogP) is 2.58. The topological polar surface area (TPSA) is 21.3 Å². The van der Waals surface area contributed by atoms with Crippen LogP contribution in [0.25, 0.3) is 0 Å². The average Bonchev–Trinajstić information content (AvgIpc) is 1.90. The Labute approximate surface area is 88.4 Å². The number of hydrogen-bond acceptors (Lipinski definition) is 2.